The molecule has 0 saturated carbocycles. The number of benzene rings is 1. The molecule has 0 aliphatic carbocycles. The summed E-state index contributed by atoms with van der Waals surface area (Å²) in [5, 5.41) is 0.232. The van der Waals surface area contributed by atoms with Crippen molar-refractivity contribution in [2.75, 3.05) is 0 Å². The molecule has 0 radical (unpaired) electrons. The van der Waals surface area contributed by atoms with Gasteiger partial charge in [0, 0.05) is 29.4 Å². The lowest BCUT2D eigenvalue weighted by atomic mass is 10.1. The van der Waals surface area contributed by atoms with E-state index in [4.69, 9.17) is 11.6 Å². The van der Waals surface area contributed by atoms with Gasteiger partial charge in [-0.15, -0.1) is 0 Å². The monoisotopic (exact) mass is 264 g/mol. The van der Waals surface area contributed by atoms with E-state index in [9.17, 15) is 9.18 Å². The molecule has 0 saturated heterocycles. The molecule has 1 aromatic carbocycles. The average molecular weight is 265 g/mol. The molecule has 92 valence electrons. The number of aromatic nitrogens is 2. The van der Waals surface area contributed by atoms with E-state index in [-0.39, 0.29) is 28.6 Å². The molecule has 1 aromatic heterocycles. The lowest BCUT2D eigenvalue weighted by Crippen LogP contribution is -2.10. The van der Waals surface area contributed by atoms with E-state index in [2.05, 4.69) is 9.97 Å². The standard InChI is InChI=1S/C13H10ClFN2O/c1-8-6-16-13(17-7-8)12(18)5-9-10(14)3-2-4-11(9)15/h2-4,6-7H,5H2,1H3. The fraction of sp³-hybridized carbons (Fsp3) is 0.154. The number of hydrogen-bond donors (Lipinski definition) is 0. The zero-order valence-corrected chi connectivity index (χ0v) is 10.4. The minimum absolute atomic E-state index is 0.0694. The third kappa shape index (κ3) is 2.71. The summed E-state index contributed by atoms with van der Waals surface area (Å²) in [5.74, 6) is -0.787. The number of carbonyl (C=O) groups is 1. The quantitative estimate of drug-likeness (QED) is 0.801. The van der Waals surface area contributed by atoms with E-state index in [1.54, 1.807) is 18.5 Å². The van der Waals surface area contributed by atoms with E-state index >= 15 is 0 Å². The summed E-state index contributed by atoms with van der Waals surface area (Å²) in [6, 6.07) is 4.31. The second-order valence-corrected chi connectivity index (χ2v) is 4.29. The number of rotatable bonds is 3. The van der Waals surface area contributed by atoms with Crippen LogP contribution in [0.15, 0.2) is 30.6 Å². The highest BCUT2D eigenvalue weighted by Gasteiger charge is 2.15. The first-order valence-corrected chi connectivity index (χ1v) is 5.70. The highest BCUT2D eigenvalue weighted by molar-refractivity contribution is 6.31. The van der Waals surface area contributed by atoms with Crippen molar-refractivity contribution in [3.05, 3.63) is 58.4 Å². The van der Waals surface area contributed by atoms with Crippen molar-refractivity contribution in [2.45, 2.75) is 13.3 Å². The number of aryl methyl sites for hydroxylation is 1. The number of nitrogens with zero attached hydrogens (tertiary/aromatic N) is 2. The molecular formula is C13H10ClFN2O. The zero-order valence-electron chi connectivity index (χ0n) is 9.65. The van der Waals surface area contributed by atoms with Gasteiger partial charge in [-0.2, -0.15) is 0 Å². The van der Waals surface area contributed by atoms with Crippen molar-refractivity contribution < 1.29 is 9.18 Å². The highest BCUT2D eigenvalue weighted by Crippen LogP contribution is 2.20. The van der Waals surface area contributed by atoms with Crippen LogP contribution in [0.3, 0.4) is 0 Å². The summed E-state index contributed by atoms with van der Waals surface area (Å²) in [4.78, 5) is 19.7. The van der Waals surface area contributed by atoms with Crippen LogP contribution in [0.25, 0.3) is 0 Å². The van der Waals surface area contributed by atoms with Gasteiger partial charge in [-0.3, -0.25) is 4.79 Å². The fourth-order valence-electron chi connectivity index (χ4n) is 1.48. The van der Waals surface area contributed by atoms with Crippen LogP contribution in [-0.4, -0.2) is 15.8 Å². The maximum absolute atomic E-state index is 13.5. The molecule has 0 unspecified atom stereocenters. The molecule has 0 aliphatic rings. The van der Waals surface area contributed by atoms with Gasteiger partial charge in [-0.1, -0.05) is 17.7 Å². The van der Waals surface area contributed by atoms with Crippen molar-refractivity contribution in [1.29, 1.82) is 0 Å². The largest absolute Gasteiger partial charge is 0.290 e. The van der Waals surface area contributed by atoms with Gasteiger partial charge >= 0.3 is 0 Å². The summed E-state index contributed by atoms with van der Waals surface area (Å²) < 4.78 is 13.5. The maximum Gasteiger partial charge on any atom is 0.204 e. The predicted molar refractivity (Wildman–Crippen MR) is 66.2 cm³/mol. The molecule has 0 aliphatic heterocycles. The molecule has 5 heteroatoms. The summed E-state index contributed by atoms with van der Waals surface area (Å²) in [6.45, 7) is 1.82. The van der Waals surface area contributed by atoms with Crippen LogP contribution < -0.4 is 0 Å². The number of halogens is 2. The van der Waals surface area contributed by atoms with Gasteiger partial charge in [0.05, 0.1) is 0 Å². The Hall–Kier alpha value is -1.81. The fourth-order valence-corrected chi connectivity index (χ4v) is 1.71. The topological polar surface area (TPSA) is 42.9 Å². The molecule has 3 nitrogen and oxygen atoms in total. The van der Waals surface area contributed by atoms with Crippen LogP contribution in [0, 0.1) is 12.7 Å². The van der Waals surface area contributed by atoms with Gasteiger partial charge in [0.15, 0.2) is 5.82 Å². The first kappa shape index (κ1) is 12.6. The third-order valence-electron chi connectivity index (χ3n) is 2.43. The molecule has 0 amide bonds. The Bertz CT molecular complexity index is 564. The summed E-state index contributed by atoms with van der Waals surface area (Å²) in [7, 11) is 0. The normalized spacial score (nSPS) is 10.4. The highest BCUT2D eigenvalue weighted by atomic mass is 35.5. The Kier molecular flexibility index (Phi) is 3.67. The van der Waals surface area contributed by atoms with E-state index in [0.717, 1.165) is 5.56 Å². The summed E-state index contributed by atoms with van der Waals surface area (Å²) in [5.41, 5.74) is 1.03. The Morgan fingerprint density at radius 2 is 2.00 bits per heavy atom. The molecule has 2 rings (SSSR count). The van der Waals surface area contributed by atoms with Crippen molar-refractivity contribution in [3.63, 3.8) is 0 Å². The van der Waals surface area contributed by atoms with Gasteiger partial charge in [-0.05, 0) is 24.6 Å². The summed E-state index contributed by atoms with van der Waals surface area (Å²) >= 11 is 5.85. The SMILES string of the molecule is Cc1cnc(C(=O)Cc2c(F)cccc2Cl)nc1. The van der Waals surface area contributed by atoms with Crippen molar-refractivity contribution in [1.82, 2.24) is 9.97 Å². The first-order valence-electron chi connectivity index (χ1n) is 5.32. The van der Waals surface area contributed by atoms with Gasteiger partial charge in [0.25, 0.3) is 0 Å². The average Bonchev–Trinajstić information content (AvgIpc) is 2.34. The molecule has 0 bridgehead atoms. The number of hydrogen-bond acceptors (Lipinski definition) is 3. The van der Waals surface area contributed by atoms with Crippen LogP contribution in [0.1, 0.15) is 21.7 Å². The Labute approximate surface area is 109 Å². The van der Waals surface area contributed by atoms with Crippen LogP contribution in [0.2, 0.25) is 5.02 Å². The van der Waals surface area contributed by atoms with E-state index in [0.29, 0.717) is 0 Å². The molecule has 2 aromatic rings. The Balaban J connectivity index is 2.24. The van der Waals surface area contributed by atoms with E-state index in [1.165, 1.54) is 12.1 Å². The minimum Gasteiger partial charge on any atom is -0.290 e. The van der Waals surface area contributed by atoms with Gasteiger partial charge in [0.2, 0.25) is 5.78 Å². The number of Topliss-reactive ketones (excluding diaryl/α,β-unsaturated/α-hetero) is 1. The van der Waals surface area contributed by atoms with Crippen molar-refractivity contribution >= 4 is 17.4 Å². The predicted octanol–water partition coefficient (Wildman–Crippen LogP) is 3.00. The van der Waals surface area contributed by atoms with Crippen molar-refractivity contribution in [3.8, 4) is 0 Å². The zero-order chi connectivity index (χ0) is 13.1. The first-order chi connectivity index (χ1) is 8.58. The second kappa shape index (κ2) is 5.23. The van der Waals surface area contributed by atoms with E-state index in [1.807, 2.05) is 6.92 Å². The second-order valence-electron chi connectivity index (χ2n) is 3.88. The molecule has 18 heavy (non-hydrogen) atoms. The van der Waals surface area contributed by atoms with Crippen LogP contribution >= 0.6 is 11.6 Å². The van der Waals surface area contributed by atoms with Crippen LogP contribution in [-0.2, 0) is 6.42 Å². The minimum atomic E-state index is -0.497. The molecular weight excluding hydrogens is 255 g/mol. The molecule has 0 N–H and O–H groups in total. The van der Waals surface area contributed by atoms with Gasteiger partial charge < -0.3 is 0 Å². The maximum atomic E-state index is 13.5. The number of carbonyl (C=O) groups excluding carboxylic acids is 1. The smallest absolute Gasteiger partial charge is 0.204 e. The van der Waals surface area contributed by atoms with Gasteiger partial charge in [0.1, 0.15) is 5.82 Å². The summed E-state index contributed by atoms with van der Waals surface area (Å²) in [6.07, 6.45) is 2.95. The van der Waals surface area contributed by atoms with E-state index < -0.39 is 5.82 Å². The molecule has 0 atom stereocenters. The Morgan fingerprint density at radius 1 is 1.33 bits per heavy atom. The third-order valence-corrected chi connectivity index (χ3v) is 2.78. The van der Waals surface area contributed by atoms with Crippen LogP contribution in [0.5, 0.6) is 0 Å². The van der Waals surface area contributed by atoms with Crippen LogP contribution in [0.4, 0.5) is 4.39 Å². The molecule has 1 heterocycles. The number of ketones is 1. The van der Waals surface area contributed by atoms with Gasteiger partial charge in [-0.25, -0.2) is 14.4 Å². The molecule has 0 spiro atoms. The molecule has 0 fully saturated rings. The lowest BCUT2D eigenvalue weighted by molar-refractivity contribution is 0.0982. The van der Waals surface area contributed by atoms with Crippen molar-refractivity contribution in [2.24, 2.45) is 0 Å². The lowest BCUT2D eigenvalue weighted by Gasteiger charge is -2.04. The Morgan fingerprint density at radius 3 is 2.61 bits per heavy atom.